The molecule has 0 saturated heterocycles. The Morgan fingerprint density at radius 2 is 1.74 bits per heavy atom. The Balaban J connectivity index is 1.70. The first-order valence-corrected chi connectivity index (χ1v) is 7.31. The van der Waals surface area contributed by atoms with Gasteiger partial charge in [-0.05, 0) is 12.1 Å². The number of hydrogen-bond acceptors (Lipinski definition) is 3. The average Bonchev–Trinajstić information content (AvgIpc) is 3.31. The van der Waals surface area contributed by atoms with Gasteiger partial charge in [0, 0.05) is 17.1 Å². The van der Waals surface area contributed by atoms with E-state index in [2.05, 4.69) is 30.4 Å². The lowest BCUT2D eigenvalue weighted by Crippen LogP contribution is -1.83. The highest BCUT2D eigenvalue weighted by molar-refractivity contribution is 5.94. The molecule has 3 aromatic heterocycles. The summed E-state index contributed by atoms with van der Waals surface area (Å²) in [7, 11) is 0. The van der Waals surface area contributed by atoms with Crippen LogP contribution in [0.1, 0.15) is 0 Å². The Morgan fingerprint density at radius 3 is 2.61 bits per heavy atom. The van der Waals surface area contributed by atoms with Crippen LogP contribution in [-0.2, 0) is 0 Å². The van der Waals surface area contributed by atoms with Crippen LogP contribution in [0.25, 0.3) is 44.6 Å². The molecule has 0 unspecified atom stereocenters. The van der Waals surface area contributed by atoms with E-state index in [9.17, 15) is 0 Å². The third kappa shape index (κ3) is 1.85. The second-order valence-corrected chi connectivity index (χ2v) is 5.41. The highest BCUT2D eigenvalue weighted by Crippen LogP contribution is 2.30. The molecule has 0 aliphatic heterocycles. The minimum absolute atomic E-state index is 0.684. The Bertz CT molecular complexity index is 1070. The number of benzene rings is 2. The maximum atomic E-state index is 4.67. The first-order chi connectivity index (χ1) is 11.4. The van der Waals surface area contributed by atoms with Gasteiger partial charge in [0.2, 0.25) is 0 Å². The van der Waals surface area contributed by atoms with Crippen molar-refractivity contribution in [3.05, 3.63) is 54.9 Å². The molecule has 23 heavy (non-hydrogen) atoms. The molecule has 0 fully saturated rings. The molecule has 5 aromatic rings. The number of aromatic nitrogens is 6. The normalized spacial score (nSPS) is 11.5. The summed E-state index contributed by atoms with van der Waals surface area (Å²) in [5.41, 5.74) is 5.65. The van der Waals surface area contributed by atoms with Crippen molar-refractivity contribution in [2.24, 2.45) is 0 Å². The monoisotopic (exact) mass is 300 g/mol. The van der Waals surface area contributed by atoms with Crippen molar-refractivity contribution >= 4 is 21.9 Å². The lowest BCUT2D eigenvalue weighted by Gasteiger charge is -1.99. The van der Waals surface area contributed by atoms with Gasteiger partial charge in [-0.1, -0.05) is 30.3 Å². The van der Waals surface area contributed by atoms with E-state index in [1.807, 2.05) is 48.7 Å². The summed E-state index contributed by atoms with van der Waals surface area (Å²) in [6.07, 6.45) is 3.69. The van der Waals surface area contributed by atoms with E-state index in [1.165, 1.54) is 0 Å². The third-order valence-electron chi connectivity index (χ3n) is 3.98. The van der Waals surface area contributed by atoms with Crippen molar-refractivity contribution in [2.75, 3.05) is 0 Å². The predicted octanol–water partition coefficient (Wildman–Crippen LogP) is 3.50. The van der Waals surface area contributed by atoms with E-state index < -0.39 is 0 Å². The van der Waals surface area contributed by atoms with Gasteiger partial charge in [-0.15, -0.1) is 0 Å². The number of aromatic amines is 3. The molecule has 3 N–H and O–H groups in total. The lowest BCUT2D eigenvalue weighted by molar-refractivity contribution is 1.10. The van der Waals surface area contributed by atoms with Crippen molar-refractivity contribution in [3.8, 4) is 22.6 Å². The molecule has 110 valence electrons. The Kier molecular flexibility index (Phi) is 2.40. The maximum Gasteiger partial charge on any atom is 0.164 e. The summed E-state index contributed by atoms with van der Waals surface area (Å²) in [6, 6.07) is 14.1. The van der Waals surface area contributed by atoms with Gasteiger partial charge < -0.3 is 10.2 Å². The van der Waals surface area contributed by atoms with E-state index in [4.69, 9.17) is 0 Å². The molecule has 3 heterocycles. The van der Waals surface area contributed by atoms with E-state index in [1.54, 1.807) is 6.20 Å². The van der Waals surface area contributed by atoms with Crippen LogP contribution < -0.4 is 0 Å². The second kappa shape index (κ2) is 4.54. The number of fused-ring (bicyclic) bond motifs is 2. The van der Waals surface area contributed by atoms with Crippen LogP contribution in [0, 0.1) is 0 Å². The van der Waals surface area contributed by atoms with E-state index in [0.29, 0.717) is 5.82 Å². The number of nitrogens with zero attached hydrogens (tertiary/aromatic N) is 3. The highest BCUT2D eigenvalue weighted by Gasteiger charge is 2.15. The fourth-order valence-corrected chi connectivity index (χ4v) is 2.85. The van der Waals surface area contributed by atoms with E-state index in [-0.39, 0.29) is 0 Å². The summed E-state index contributed by atoms with van der Waals surface area (Å²) < 4.78 is 0. The topological polar surface area (TPSA) is 86.0 Å². The van der Waals surface area contributed by atoms with Crippen LogP contribution in [0.2, 0.25) is 0 Å². The van der Waals surface area contributed by atoms with Gasteiger partial charge in [0.15, 0.2) is 5.82 Å². The van der Waals surface area contributed by atoms with Crippen molar-refractivity contribution in [1.29, 1.82) is 0 Å². The van der Waals surface area contributed by atoms with E-state index in [0.717, 1.165) is 38.8 Å². The molecular formula is C17H12N6. The highest BCUT2D eigenvalue weighted by atomic mass is 15.1. The molecule has 0 aliphatic rings. The molecule has 2 aromatic carbocycles. The average molecular weight is 300 g/mol. The SMILES string of the molecule is c1ccc(-c2[nH]ncc2-c2nc3cc4c[nH][nH]c4cc3n2)cc1. The second-order valence-electron chi connectivity index (χ2n) is 5.41. The number of nitrogens with one attached hydrogen (secondary N) is 3. The van der Waals surface area contributed by atoms with Gasteiger partial charge in [-0.2, -0.15) is 5.10 Å². The van der Waals surface area contributed by atoms with Gasteiger partial charge in [0.1, 0.15) is 0 Å². The largest absolute Gasteiger partial charge is 0.307 e. The van der Waals surface area contributed by atoms with Crippen molar-refractivity contribution in [1.82, 2.24) is 30.4 Å². The Morgan fingerprint density at radius 1 is 0.913 bits per heavy atom. The van der Waals surface area contributed by atoms with E-state index >= 15 is 0 Å². The summed E-state index contributed by atoms with van der Waals surface area (Å²) >= 11 is 0. The van der Waals surface area contributed by atoms with Gasteiger partial charge in [-0.25, -0.2) is 9.97 Å². The third-order valence-corrected chi connectivity index (χ3v) is 3.98. The summed E-state index contributed by atoms with van der Waals surface area (Å²) in [5.74, 6) is 0.684. The molecule has 0 amide bonds. The minimum Gasteiger partial charge on any atom is -0.307 e. The zero-order valence-corrected chi connectivity index (χ0v) is 12.0. The lowest BCUT2D eigenvalue weighted by atomic mass is 10.1. The van der Waals surface area contributed by atoms with Gasteiger partial charge in [-0.3, -0.25) is 5.10 Å². The molecule has 0 aliphatic carbocycles. The fraction of sp³-hybridized carbons (Fsp3) is 0. The van der Waals surface area contributed by atoms with Crippen LogP contribution in [0.15, 0.2) is 54.9 Å². The van der Waals surface area contributed by atoms with Crippen molar-refractivity contribution in [3.63, 3.8) is 0 Å². The Labute approximate surface area is 130 Å². The van der Waals surface area contributed by atoms with Crippen LogP contribution in [0.4, 0.5) is 0 Å². The van der Waals surface area contributed by atoms with Gasteiger partial charge >= 0.3 is 0 Å². The smallest absolute Gasteiger partial charge is 0.164 e. The van der Waals surface area contributed by atoms with Gasteiger partial charge in [0.25, 0.3) is 0 Å². The summed E-state index contributed by atoms with van der Waals surface area (Å²) in [5, 5.41) is 14.4. The zero-order valence-electron chi connectivity index (χ0n) is 12.0. The van der Waals surface area contributed by atoms with Crippen LogP contribution in [0.3, 0.4) is 0 Å². The molecule has 0 saturated carbocycles. The first kappa shape index (κ1) is 12.2. The summed E-state index contributed by atoms with van der Waals surface area (Å²) in [6.45, 7) is 0. The molecule has 0 atom stereocenters. The maximum absolute atomic E-state index is 4.67. The fourth-order valence-electron chi connectivity index (χ4n) is 2.85. The molecule has 0 radical (unpaired) electrons. The summed E-state index contributed by atoms with van der Waals surface area (Å²) in [4.78, 5) is 9.34. The van der Waals surface area contributed by atoms with Crippen molar-refractivity contribution < 1.29 is 0 Å². The predicted molar refractivity (Wildman–Crippen MR) is 88.8 cm³/mol. The molecular weight excluding hydrogens is 288 g/mol. The molecule has 6 nitrogen and oxygen atoms in total. The first-order valence-electron chi connectivity index (χ1n) is 7.31. The quantitative estimate of drug-likeness (QED) is 0.466. The molecule has 6 heteroatoms. The Hall–Kier alpha value is -3.41. The number of imidazole rings is 1. The number of rotatable bonds is 2. The standard InChI is InChI=1S/C17H12N6/c1-2-4-10(5-3-1)16-12(9-19-23-16)17-20-14-6-11-8-18-22-13(11)7-15(14)21-17/h1-9,18,22H,(H,19,23). The van der Waals surface area contributed by atoms with Crippen LogP contribution >= 0.6 is 0 Å². The number of hydrogen-bond donors (Lipinski definition) is 3. The number of H-pyrrole nitrogens is 3. The van der Waals surface area contributed by atoms with Crippen LogP contribution in [0.5, 0.6) is 0 Å². The molecule has 5 rings (SSSR count). The van der Waals surface area contributed by atoms with Gasteiger partial charge in [0.05, 0.1) is 34.0 Å². The molecule has 0 spiro atoms. The molecule has 0 bridgehead atoms. The minimum atomic E-state index is 0.684. The van der Waals surface area contributed by atoms with Crippen LogP contribution in [-0.4, -0.2) is 30.4 Å². The van der Waals surface area contributed by atoms with Crippen molar-refractivity contribution in [2.45, 2.75) is 0 Å². The zero-order chi connectivity index (χ0) is 15.2.